The van der Waals surface area contributed by atoms with Crippen LogP contribution in [-0.4, -0.2) is 0 Å². The average Bonchev–Trinajstić information content (AvgIpc) is 2.80. The zero-order valence-electron chi connectivity index (χ0n) is 18.7. The Balaban J connectivity index is 1.49. The van der Waals surface area contributed by atoms with Gasteiger partial charge in [-0.2, -0.15) is 0 Å². The highest BCUT2D eigenvalue weighted by Gasteiger charge is 2.14. The highest BCUT2D eigenvalue weighted by Crippen LogP contribution is 2.42. The number of nitrogens with two attached hydrogens (primary N) is 1. The molecule has 0 heterocycles. The van der Waals surface area contributed by atoms with Gasteiger partial charge in [0, 0.05) is 11.1 Å². The van der Waals surface area contributed by atoms with E-state index in [9.17, 15) is 0 Å². The summed E-state index contributed by atoms with van der Waals surface area (Å²) in [6.07, 6.45) is 12.1. The van der Waals surface area contributed by atoms with Crippen molar-refractivity contribution in [1.29, 1.82) is 0 Å². The minimum Gasteiger partial charge on any atom is -0.398 e. The van der Waals surface area contributed by atoms with Gasteiger partial charge < -0.3 is 5.73 Å². The van der Waals surface area contributed by atoms with Crippen LogP contribution in [-0.2, 0) is 6.42 Å². The highest BCUT2D eigenvalue weighted by atomic mass is 14.5. The number of anilines is 1. The predicted octanol–water partition coefficient (Wildman–Crippen LogP) is 9.00. The molecule has 1 nitrogen and oxygen atoms in total. The van der Waals surface area contributed by atoms with Gasteiger partial charge in [-0.25, -0.2) is 0 Å². The maximum Gasteiger partial charge on any atom is 0.0394 e. The molecule has 2 N–H and O–H groups in total. The van der Waals surface area contributed by atoms with E-state index >= 15 is 0 Å². The second-order valence-electron chi connectivity index (χ2n) is 9.20. The molecule has 31 heavy (non-hydrogen) atoms. The molecule has 0 aliphatic heterocycles. The lowest BCUT2D eigenvalue weighted by Gasteiger charge is -2.16. The van der Waals surface area contributed by atoms with E-state index in [0.717, 1.165) is 5.69 Å². The Morgan fingerprint density at radius 1 is 0.581 bits per heavy atom. The van der Waals surface area contributed by atoms with Gasteiger partial charge in [0.1, 0.15) is 0 Å². The molecular formula is C30H33N. The second kappa shape index (κ2) is 8.75. The topological polar surface area (TPSA) is 26.0 Å². The summed E-state index contributed by atoms with van der Waals surface area (Å²) in [4.78, 5) is 0. The van der Waals surface area contributed by atoms with Crippen molar-refractivity contribution >= 4 is 48.8 Å². The number of nitrogen functional groups attached to an aromatic ring is 1. The Labute approximate surface area is 185 Å². The van der Waals surface area contributed by atoms with Gasteiger partial charge in [-0.3, -0.25) is 0 Å². The molecule has 5 aromatic carbocycles. The Morgan fingerprint density at radius 3 is 2.03 bits per heavy atom. The van der Waals surface area contributed by atoms with E-state index in [2.05, 4.69) is 67.6 Å². The number of hydrogen-bond donors (Lipinski definition) is 1. The van der Waals surface area contributed by atoms with Crippen molar-refractivity contribution < 1.29 is 0 Å². The summed E-state index contributed by atoms with van der Waals surface area (Å²) in [7, 11) is 0. The highest BCUT2D eigenvalue weighted by molar-refractivity contribution is 6.33. The van der Waals surface area contributed by atoms with Crippen LogP contribution in [0.2, 0.25) is 0 Å². The van der Waals surface area contributed by atoms with E-state index in [1.807, 2.05) is 0 Å². The molecule has 0 spiro atoms. The first-order valence-electron chi connectivity index (χ1n) is 12.2. The molecule has 158 valence electrons. The van der Waals surface area contributed by atoms with Crippen LogP contribution in [0.15, 0.2) is 60.7 Å². The van der Waals surface area contributed by atoms with Crippen molar-refractivity contribution in [2.24, 2.45) is 0 Å². The summed E-state index contributed by atoms with van der Waals surface area (Å²) in [5.41, 5.74) is 8.69. The minimum absolute atomic E-state index is 0.867. The monoisotopic (exact) mass is 407 g/mol. The molecule has 0 bridgehead atoms. The number of aryl methyl sites for hydroxylation is 1. The molecule has 0 atom stereocenters. The number of hydrogen-bond acceptors (Lipinski definition) is 1. The number of rotatable bonds is 9. The van der Waals surface area contributed by atoms with Gasteiger partial charge in [-0.05, 0) is 62.2 Å². The van der Waals surface area contributed by atoms with Crippen molar-refractivity contribution in [3.05, 3.63) is 66.2 Å². The molecule has 0 saturated carbocycles. The van der Waals surface area contributed by atoms with Crippen LogP contribution in [0, 0.1) is 0 Å². The molecule has 5 rings (SSSR count). The number of fused-ring (bicyclic) bond motifs is 2. The Kier molecular flexibility index (Phi) is 5.68. The third-order valence-electron chi connectivity index (χ3n) is 7.01. The number of unbranched alkanes of at least 4 members (excludes halogenated alkanes) is 7. The second-order valence-corrected chi connectivity index (χ2v) is 9.20. The molecule has 0 radical (unpaired) electrons. The molecule has 0 unspecified atom stereocenters. The minimum atomic E-state index is 0.867. The van der Waals surface area contributed by atoms with Crippen molar-refractivity contribution in [3.63, 3.8) is 0 Å². The first-order valence-corrected chi connectivity index (χ1v) is 12.2. The fourth-order valence-electron chi connectivity index (χ4n) is 5.41. The van der Waals surface area contributed by atoms with Crippen molar-refractivity contribution in [1.82, 2.24) is 0 Å². The van der Waals surface area contributed by atoms with Gasteiger partial charge in [-0.1, -0.05) is 106 Å². The predicted molar refractivity (Wildman–Crippen MR) is 138 cm³/mol. The Hall–Kier alpha value is -2.80. The molecule has 0 aromatic heterocycles. The van der Waals surface area contributed by atoms with E-state index in [1.165, 1.54) is 106 Å². The zero-order chi connectivity index (χ0) is 21.2. The van der Waals surface area contributed by atoms with E-state index in [4.69, 9.17) is 5.73 Å². The quantitative estimate of drug-likeness (QED) is 0.112. The number of benzene rings is 5. The average molecular weight is 408 g/mol. The Morgan fingerprint density at radius 2 is 1.23 bits per heavy atom. The molecule has 0 amide bonds. The summed E-state index contributed by atoms with van der Waals surface area (Å²) in [5.74, 6) is 0. The van der Waals surface area contributed by atoms with Crippen LogP contribution in [0.25, 0.3) is 43.1 Å². The fourth-order valence-corrected chi connectivity index (χ4v) is 5.41. The van der Waals surface area contributed by atoms with E-state index in [1.54, 1.807) is 0 Å². The summed E-state index contributed by atoms with van der Waals surface area (Å²) < 4.78 is 0. The van der Waals surface area contributed by atoms with E-state index in [0.29, 0.717) is 0 Å². The first kappa shape index (κ1) is 20.1. The Bertz CT molecular complexity index is 1330. The van der Waals surface area contributed by atoms with Crippen LogP contribution < -0.4 is 5.73 Å². The smallest absolute Gasteiger partial charge is 0.0394 e. The first-order chi connectivity index (χ1) is 15.3. The molecule has 1 heteroatoms. The maximum absolute atomic E-state index is 6.35. The molecule has 0 saturated heterocycles. The van der Waals surface area contributed by atoms with Gasteiger partial charge in [0.05, 0.1) is 0 Å². The zero-order valence-corrected chi connectivity index (χ0v) is 18.7. The van der Waals surface area contributed by atoms with Crippen molar-refractivity contribution in [2.75, 3.05) is 5.73 Å². The molecule has 5 aromatic rings. The SMILES string of the molecule is CCCCCCCCCCc1cc2cccc3c4ccc(N)c5cccc(c(c1)c23)c54. The standard InChI is InChI=1S/C30H33N/c1-2-3-4-5-6-7-8-9-12-21-19-22-13-10-14-23-25-17-18-28(31)26-16-11-15-24(30(25)26)27(20-21)29(22)23/h10-11,13-20H,2-9,12,31H2,1H3. The third-order valence-corrected chi connectivity index (χ3v) is 7.01. The van der Waals surface area contributed by atoms with Crippen LogP contribution in [0.3, 0.4) is 0 Å². The molecule has 0 aliphatic rings. The fraction of sp³-hybridized carbons (Fsp3) is 0.333. The van der Waals surface area contributed by atoms with Crippen LogP contribution in [0.1, 0.15) is 63.9 Å². The van der Waals surface area contributed by atoms with Crippen molar-refractivity contribution in [3.8, 4) is 0 Å². The van der Waals surface area contributed by atoms with Gasteiger partial charge in [0.15, 0.2) is 0 Å². The normalized spacial score (nSPS) is 12.0. The van der Waals surface area contributed by atoms with Crippen LogP contribution >= 0.6 is 0 Å². The lowest BCUT2D eigenvalue weighted by Crippen LogP contribution is -1.93. The largest absolute Gasteiger partial charge is 0.398 e. The van der Waals surface area contributed by atoms with Crippen LogP contribution in [0.4, 0.5) is 5.69 Å². The lowest BCUT2D eigenvalue weighted by atomic mass is 9.88. The molecule has 0 fully saturated rings. The van der Waals surface area contributed by atoms with Gasteiger partial charge in [-0.15, -0.1) is 0 Å². The summed E-state index contributed by atoms with van der Waals surface area (Å²) in [6, 6.07) is 22.5. The summed E-state index contributed by atoms with van der Waals surface area (Å²) in [5, 5.41) is 10.6. The summed E-state index contributed by atoms with van der Waals surface area (Å²) >= 11 is 0. The van der Waals surface area contributed by atoms with Gasteiger partial charge >= 0.3 is 0 Å². The third kappa shape index (κ3) is 3.71. The van der Waals surface area contributed by atoms with E-state index < -0.39 is 0 Å². The lowest BCUT2D eigenvalue weighted by molar-refractivity contribution is 0.575. The van der Waals surface area contributed by atoms with Gasteiger partial charge in [0.25, 0.3) is 0 Å². The molecule has 0 aliphatic carbocycles. The van der Waals surface area contributed by atoms with Crippen LogP contribution in [0.5, 0.6) is 0 Å². The van der Waals surface area contributed by atoms with E-state index in [-0.39, 0.29) is 0 Å². The summed E-state index contributed by atoms with van der Waals surface area (Å²) in [6.45, 7) is 2.29. The maximum atomic E-state index is 6.35. The molecular weight excluding hydrogens is 374 g/mol. The van der Waals surface area contributed by atoms with Crippen molar-refractivity contribution in [2.45, 2.75) is 64.7 Å². The van der Waals surface area contributed by atoms with Gasteiger partial charge in [0.2, 0.25) is 0 Å².